The van der Waals surface area contributed by atoms with E-state index in [1.807, 2.05) is 89.9 Å². The molecule has 0 atom stereocenters. The molecule has 12 rings (SSSR count). The fourth-order valence-electron chi connectivity index (χ4n) is 8.63. The van der Waals surface area contributed by atoms with Crippen molar-refractivity contribution in [1.82, 2.24) is 24.3 Å². The number of imidazole rings is 1. The van der Waals surface area contributed by atoms with Gasteiger partial charge in [-0.05, 0) is 83.1 Å². The van der Waals surface area contributed by atoms with Crippen LogP contribution in [0, 0.1) is 18.2 Å². The van der Waals surface area contributed by atoms with Crippen molar-refractivity contribution in [2.24, 2.45) is 0 Å². The zero-order valence-corrected chi connectivity index (χ0v) is 38.3. The zero-order valence-electron chi connectivity index (χ0n) is 35.9. The van der Waals surface area contributed by atoms with Crippen LogP contribution < -0.4 is 0 Å². The number of fused-ring (bicyclic) bond motifs is 6. The quantitative estimate of drug-likeness (QED) is 0.128. The van der Waals surface area contributed by atoms with Crippen molar-refractivity contribution < 1.29 is 24.5 Å². The molecule has 8 aromatic carbocycles. The Bertz CT molecular complexity index is 3530. The monoisotopic (exact) mass is 1030 g/mol. The van der Waals surface area contributed by atoms with E-state index < -0.39 is 0 Å². The summed E-state index contributed by atoms with van der Waals surface area (Å²) in [6, 6.07) is 74.6. The van der Waals surface area contributed by atoms with Crippen molar-refractivity contribution in [2.75, 3.05) is 0 Å². The summed E-state index contributed by atoms with van der Waals surface area (Å²) in [5, 5.41) is 8.72. The van der Waals surface area contributed by atoms with Gasteiger partial charge in [-0.3, -0.25) is 9.67 Å². The van der Waals surface area contributed by atoms with Crippen LogP contribution in [-0.4, -0.2) is 24.3 Å². The first-order valence-electron chi connectivity index (χ1n) is 22.0. The van der Waals surface area contributed by atoms with Crippen molar-refractivity contribution in [2.45, 2.75) is 25.7 Å². The molecule has 0 unspecified atom stereocenters. The number of para-hydroxylation sites is 3. The third-order valence-electron chi connectivity index (χ3n) is 11.9. The first-order chi connectivity index (χ1) is 32.2. The minimum Gasteiger partial charge on any atom is -0.500 e. The molecule has 0 amide bonds. The second kappa shape index (κ2) is 19.2. The molecule has 0 bridgehead atoms. The summed E-state index contributed by atoms with van der Waals surface area (Å²) < 4.78 is 10.6. The van der Waals surface area contributed by atoms with E-state index in [4.69, 9.17) is 9.40 Å². The Balaban J connectivity index is 0.000000153. The van der Waals surface area contributed by atoms with Crippen molar-refractivity contribution in [1.29, 1.82) is 0 Å². The van der Waals surface area contributed by atoms with E-state index in [9.17, 15) is 0 Å². The minimum absolute atomic E-state index is 0. The predicted molar refractivity (Wildman–Crippen MR) is 262 cm³/mol. The largest absolute Gasteiger partial charge is 3.00 e. The molecule has 0 aliphatic heterocycles. The molecule has 0 N–H and O–H groups in total. The van der Waals surface area contributed by atoms with Crippen LogP contribution in [0.15, 0.2) is 211 Å². The fraction of sp³-hybridized carbons (Fsp3) is 0.0678. The van der Waals surface area contributed by atoms with Gasteiger partial charge < -0.3 is 14.0 Å². The maximum atomic E-state index is 6.55. The van der Waals surface area contributed by atoms with Crippen LogP contribution in [0.25, 0.3) is 77.8 Å². The number of rotatable bonds is 10. The number of pyridine rings is 1. The average Bonchev–Trinajstić information content (AvgIpc) is 4.15. The van der Waals surface area contributed by atoms with E-state index >= 15 is 0 Å². The Labute approximate surface area is 397 Å². The molecular weight excluding hydrogens is 987 g/mol. The standard InChI is InChI=1S/C30H25N3.C29H17N2O.Ir/c1-2-8-28(9-3-1)30-19-16-27(23-31-30)13-12-26-7-4-6-25(22-26)11-10-24-14-17-29(18-15-24)33-21-5-20-32-33;1-2-10-20(11-3-1)31-26-16-7-6-15-25(26)30-29(31)24-14-8-13-22-23-18-17-19-9-4-5-12-21(19)27(23)32-28(22)24;/h1-8,14-17,19-23H,10-13H2;1-13,15-18H;/q-2;-1;+3. The van der Waals surface area contributed by atoms with Crippen LogP contribution in [0.3, 0.4) is 0 Å². The van der Waals surface area contributed by atoms with Crippen molar-refractivity contribution >= 4 is 43.7 Å². The number of hydrogen-bond acceptors (Lipinski definition) is 4. The van der Waals surface area contributed by atoms with E-state index in [1.165, 1.54) is 27.6 Å². The van der Waals surface area contributed by atoms with Crippen LogP contribution in [0.2, 0.25) is 0 Å². The summed E-state index contributed by atoms with van der Waals surface area (Å²) in [6.45, 7) is 0. The number of aryl methyl sites for hydroxylation is 4. The van der Waals surface area contributed by atoms with Gasteiger partial charge in [0.05, 0.1) is 22.4 Å². The zero-order chi connectivity index (χ0) is 43.4. The molecule has 12 aromatic rings. The number of aromatic nitrogens is 5. The van der Waals surface area contributed by atoms with Crippen molar-refractivity contribution in [3.63, 3.8) is 0 Å². The number of nitrogens with zero attached hydrogens (tertiary/aromatic N) is 5. The van der Waals surface area contributed by atoms with Gasteiger partial charge in [0.2, 0.25) is 0 Å². The first-order valence-corrected chi connectivity index (χ1v) is 22.0. The fourth-order valence-corrected chi connectivity index (χ4v) is 8.63. The molecule has 0 radical (unpaired) electrons. The summed E-state index contributed by atoms with van der Waals surface area (Å²) in [4.78, 5) is 9.64. The van der Waals surface area contributed by atoms with Gasteiger partial charge in [0.25, 0.3) is 0 Å². The number of benzene rings is 8. The third kappa shape index (κ3) is 8.75. The van der Waals surface area contributed by atoms with Gasteiger partial charge in [0.15, 0.2) is 0 Å². The Hall–Kier alpha value is -7.70. The second-order valence-electron chi connectivity index (χ2n) is 16.1. The van der Waals surface area contributed by atoms with Crippen molar-refractivity contribution in [3.8, 4) is 34.0 Å². The molecule has 7 heteroatoms. The number of hydrogen-bond donors (Lipinski definition) is 0. The van der Waals surface area contributed by atoms with E-state index in [-0.39, 0.29) is 20.1 Å². The number of furan rings is 1. The average molecular weight is 1030 g/mol. The Morgan fingerprint density at radius 1 is 0.545 bits per heavy atom. The Kier molecular flexibility index (Phi) is 12.3. The Morgan fingerprint density at radius 2 is 1.32 bits per heavy atom. The molecule has 66 heavy (non-hydrogen) atoms. The molecule has 0 aliphatic rings. The van der Waals surface area contributed by atoms with Crippen LogP contribution in [0.4, 0.5) is 0 Å². The maximum Gasteiger partial charge on any atom is 3.00 e. The third-order valence-corrected chi connectivity index (χ3v) is 11.9. The van der Waals surface area contributed by atoms with Gasteiger partial charge in [0, 0.05) is 35.1 Å². The van der Waals surface area contributed by atoms with Gasteiger partial charge in [-0.1, -0.05) is 120 Å². The summed E-state index contributed by atoms with van der Waals surface area (Å²) in [6.07, 6.45) is 9.72. The predicted octanol–water partition coefficient (Wildman–Crippen LogP) is 13.6. The summed E-state index contributed by atoms with van der Waals surface area (Å²) in [5.41, 5.74) is 13.9. The summed E-state index contributed by atoms with van der Waals surface area (Å²) in [7, 11) is 0. The van der Waals surface area contributed by atoms with Crippen LogP contribution >= 0.6 is 0 Å². The first kappa shape index (κ1) is 42.3. The second-order valence-corrected chi connectivity index (χ2v) is 16.1. The molecule has 6 nitrogen and oxygen atoms in total. The van der Waals surface area contributed by atoms with Crippen molar-refractivity contribution in [3.05, 3.63) is 247 Å². The van der Waals surface area contributed by atoms with E-state index in [2.05, 4.69) is 148 Å². The molecule has 0 fully saturated rings. The molecule has 318 valence electrons. The molecular formula is C59H42IrN5O. The Morgan fingerprint density at radius 3 is 2.11 bits per heavy atom. The van der Waals surface area contributed by atoms with Gasteiger partial charge >= 0.3 is 20.1 Å². The molecule has 0 spiro atoms. The van der Waals surface area contributed by atoms with Gasteiger partial charge in [-0.25, -0.2) is 0 Å². The summed E-state index contributed by atoms with van der Waals surface area (Å²) >= 11 is 0. The van der Waals surface area contributed by atoms with Gasteiger partial charge in [-0.2, -0.15) is 28.9 Å². The van der Waals surface area contributed by atoms with Crippen LogP contribution in [0.1, 0.15) is 22.3 Å². The molecule has 4 aromatic heterocycles. The van der Waals surface area contributed by atoms with Crippen LogP contribution in [0.5, 0.6) is 0 Å². The normalized spacial score (nSPS) is 11.2. The maximum absolute atomic E-state index is 6.55. The van der Waals surface area contributed by atoms with E-state index in [0.717, 1.165) is 98.1 Å². The minimum atomic E-state index is 0. The van der Waals surface area contributed by atoms with E-state index in [1.54, 1.807) is 6.20 Å². The molecule has 0 saturated carbocycles. The molecule has 0 saturated heterocycles. The topological polar surface area (TPSA) is 61.7 Å². The molecule has 0 aliphatic carbocycles. The van der Waals surface area contributed by atoms with Gasteiger partial charge in [-0.15, -0.1) is 60.2 Å². The van der Waals surface area contributed by atoms with Crippen LogP contribution in [-0.2, 0) is 45.8 Å². The SMILES string of the molecule is [Ir+3].[c-]1ccc2c(oc3c4ccccc4ccc23)c1-c1nc2ccccc2n1-c1ccccc1.[c-]1ccccc1-c1ccc(CCc2cccc(CCc3c[c-]c(-n4cccn4)cc3)c2)cn1. The van der Waals surface area contributed by atoms with Gasteiger partial charge in [0.1, 0.15) is 5.58 Å². The smallest absolute Gasteiger partial charge is 0.500 e. The summed E-state index contributed by atoms with van der Waals surface area (Å²) in [5.74, 6) is 0.825. The van der Waals surface area contributed by atoms with E-state index in [0.29, 0.717) is 0 Å². The molecule has 4 heterocycles.